The van der Waals surface area contributed by atoms with Crippen molar-refractivity contribution in [3.05, 3.63) is 113 Å². The molecule has 0 N–H and O–H groups in total. The predicted molar refractivity (Wildman–Crippen MR) is 152 cm³/mol. The molecule has 1 aromatic heterocycles. The van der Waals surface area contributed by atoms with Crippen LogP contribution < -0.4 is 0 Å². The van der Waals surface area contributed by atoms with Gasteiger partial charge in [-0.25, -0.2) is 0 Å². The number of hydrogen-bond donors (Lipinski definition) is 0. The molecule has 188 valence electrons. The zero-order valence-electron chi connectivity index (χ0n) is 21.7. The summed E-state index contributed by atoms with van der Waals surface area (Å²) in [6.45, 7) is 7.70. The molecule has 0 atom stereocenters. The lowest BCUT2D eigenvalue weighted by Gasteiger charge is -2.16. The van der Waals surface area contributed by atoms with Gasteiger partial charge in [0, 0.05) is 17.1 Å². The van der Waals surface area contributed by atoms with Crippen LogP contribution in [-0.4, -0.2) is 4.98 Å². The van der Waals surface area contributed by atoms with E-state index in [1.807, 2.05) is 12.3 Å². The highest BCUT2D eigenvalue weighted by atomic mass is 19.4. The Morgan fingerprint density at radius 1 is 0.553 bits per heavy atom. The van der Waals surface area contributed by atoms with E-state index >= 15 is 0 Å². The van der Waals surface area contributed by atoms with Crippen LogP contribution in [0.25, 0.3) is 54.7 Å². The Kier molecular flexibility index (Phi) is 5.53. The van der Waals surface area contributed by atoms with Crippen LogP contribution in [0, 0.1) is 27.7 Å². The number of halogens is 3. The lowest BCUT2D eigenvalue weighted by Crippen LogP contribution is -2.06. The van der Waals surface area contributed by atoms with Crippen LogP contribution >= 0.6 is 0 Å². The largest absolute Gasteiger partial charge is 0.416 e. The quantitative estimate of drug-likeness (QED) is 0.213. The molecule has 5 aromatic carbocycles. The maximum atomic E-state index is 13.3. The van der Waals surface area contributed by atoms with Crippen LogP contribution in [0.1, 0.15) is 27.8 Å². The third kappa shape index (κ3) is 4.01. The number of aromatic nitrogens is 1. The molecule has 0 spiro atoms. The molecule has 4 heteroatoms. The second-order valence-corrected chi connectivity index (χ2v) is 10.3. The van der Waals surface area contributed by atoms with E-state index in [2.05, 4.69) is 74.5 Å². The Balaban J connectivity index is 1.52. The minimum atomic E-state index is -4.35. The molecule has 6 rings (SSSR count). The normalized spacial score (nSPS) is 12.1. The van der Waals surface area contributed by atoms with Crippen molar-refractivity contribution < 1.29 is 13.2 Å². The van der Waals surface area contributed by atoms with Crippen molar-refractivity contribution in [2.24, 2.45) is 0 Å². The smallest absolute Gasteiger partial charge is 0.256 e. The standard InChI is InChI=1S/C34H26F3N/c1-19-13-20(2)15-25(14-19)33-31-10-9-28-27-7-6-24(18-23(27)5-8-29(28)30(31)11-12-38-33)32-21(3)16-26(17-22(32)4)34(35,36)37/h5-18H,1-4H3. The maximum Gasteiger partial charge on any atom is 0.416 e. The third-order valence-electron chi connectivity index (χ3n) is 7.40. The van der Waals surface area contributed by atoms with Crippen LogP contribution in [0.4, 0.5) is 13.2 Å². The minimum absolute atomic E-state index is 0.607. The summed E-state index contributed by atoms with van der Waals surface area (Å²) in [4.78, 5) is 4.74. The average molecular weight is 506 g/mol. The van der Waals surface area contributed by atoms with Crippen LogP contribution in [0.5, 0.6) is 0 Å². The Bertz CT molecular complexity index is 1850. The third-order valence-corrected chi connectivity index (χ3v) is 7.40. The molecule has 0 unspecified atom stereocenters. The molecule has 1 heterocycles. The molecular formula is C34H26F3N. The summed E-state index contributed by atoms with van der Waals surface area (Å²) < 4.78 is 39.9. The summed E-state index contributed by atoms with van der Waals surface area (Å²) in [6.07, 6.45) is -2.48. The van der Waals surface area contributed by atoms with Crippen molar-refractivity contribution >= 4 is 32.3 Å². The van der Waals surface area contributed by atoms with E-state index in [1.165, 1.54) is 23.3 Å². The van der Waals surface area contributed by atoms with Crippen LogP contribution in [0.15, 0.2) is 85.1 Å². The average Bonchev–Trinajstić information content (AvgIpc) is 2.86. The van der Waals surface area contributed by atoms with Crippen molar-refractivity contribution in [2.45, 2.75) is 33.9 Å². The van der Waals surface area contributed by atoms with Gasteiger partial charge in [0.1, 0.15) is 0 Å². The Morgan fingerprint density at radius 3 is 1.82 bits per heavy atom. The Hall–Kier alpha value is -4.18. The molecule has 0 saturated carbocycles. The summed E-state index contributed by atoms with van der Waals surface area (Å²) in [5, 5.41) is 6.71. The Labute approximate surface area is 219 Å². The summed E-state index contributed by atoms with van der Waals surface area (Å²) in [5.41, 5.74) is 6.90. The maximum absolute atomic E-state index is 13.3. The summed E-state index contributed by atoms with van der Waals surface area (Å²) in [5.74, 6) is 0. The molecule has 0 aliphatic carbocycles. The number of pyridine rings is 1. The van der Waals surface area contributed by atoms with E-state index in [0.717, 1.165) is 54.7 Å². The van der Waals surface area contributed by atoms with E-state index in [9.17, 15) is 13.2 Å². The molecule has 0 fully saturated rings. The molecule has 6 aromatic rings. The van der Waals surface area contributed by atoms with Gasteiger partial charge in [-0.1, -0.05) is 53.6 Å². The van der Waals surface area contributed by atoms with Crippen LogP contribution in [-0.2, 0) is 6.18 Å². The Morgan fingerprint density at radius 2 is 1.13 bits per heavy atom. The minimum Gasteiger partial charge on any atom is -0.256 e. The van der Waals surface area contributed by atoms with Gasteiger partial charge in [-0.2, -0.15) is 13.2 Å². The van der Waals surface area contributed by atoms with Gasteiger partial charge in [0.15, 0.2) is 0 Å². The van der Waals surface area contributed by atoms with Gasteiger partial charge in [-0.15, -0.1) is 0 Å². The number of rotatable bonds is 2. The molecule has 0 saturated heterocycles. The fraction of sp³-hybridized carbons (Fsp3) is 0.147. The van der Waals surface area contributed by atoms with Crippen molar-refractivity contribution in [1.29, 1.82) is 0 Å². The predicted octanol–water partition coefficient (Wildman–Crippen LogP) is 10.1. The zero-order chi connectivity index (χ0) is 26.8. The van der Waals surface area contributed by atoms with Crippen molar-refractivity contribution in [3.8, 4) is 22.4 Å². The van der Waals surface area contributed by atoms with Gasteiger partial charge in [-0.3, -0.25) is 4.98 Å². The fourth-order valence-corrected chi connectivity index (χ4v) is 5.89. The molecule has 0 amide bonds. The summed E-state index contributed by atoms with van der Waals surface area (Å²) in [6, 6.07) is 25.8. The first-order valence-electron chi connectivity index (χ1n) is 12.6. The van der Waals surface area contributed by atoms with E-state index in [1.54, 1.807) is 13.8 Å². The van der Waals surface area contributed by atoms with E-state index in [4.69, 9.17) is 4.98 Å². The monoisotopic (exact) mass is 505 g/mol. The first-order chi connectivity index (χ1) is 18.1. The molecule has 0 radical (unpaired) electrons. The lowest BCUT2D eigenvalue weighted by atomic mass is 9.90. The van der Waals surface area contributed by atoms with Gasteiger partial charge in [0.05, 0.1) is 11.3 Å². The van der Waals surface area contributed by atoms with E-state index in [0.29, 0.717) is 11.1 Å². The first-order valence-corrected chi connectivity index (χ1v) is 12.6. The van der Waals surface area contributed by atoms with Gasteiger partial charge in [-0.05, 0) is 113 Å². The van der Waals surface area contributed by atoms with Gasteiger partial charge in [0.2, 0.25) is 0 Å². The highest BCUT2D eigenvalue weighted by molar-refractivity contribution is 6.19. The summed E-state index contributed by atoms with van der Waals surface area (Å²) in [7, 11) is 0. The molecule has 0 aliphatic heterocycles. The summed E-state index contributed by atoms with van der Waals surface area (Å²) >= 11 is 0. The second kappa shape index (κ2) is 8.70. The number of hydrogen-bond acceptors (Lipinski definition) is 1. The molecule has 1 nitrogen and oxygen atoms in total. The number of aryl methyl sites for hydroxylation is 4. The zero-order valence-corrected chi connectivity index (χ0v) is 21.7. The molecule has 38 heavy (non-hydrogen) atoms. The number of fused-ring (bicyclic) bond motifs is 5. The van der Waals surface area contributed by atoms with Crippen molar-refractivity contribution in [1.82, 2.24) is 4.98 Å². The van der Waals surface area contributed by atoms with Gasteiger partial charge < -0.3 is 0 Å². The first kappa shape index (κ1) is 24.2. The fourth-order valence-electron chi connectivity index (χ4n) is 5.89. The van der Waals surface area contributed by atoms with Crippen LogP contribution in [0.2, 0.25) is 0 Å². The van der Waals surface area contributed by atoms with Crippen LogP contribution in [0.3, 0.4) is 0 Å². The number of benzene rings is 5. The van der Waals surface area contributed by atoms with Gasteiger partial charge in [0.25, 0.3) is 0 Å². The highest BCUT2D eigenvalue weighted by Crippen LogP contribution is 2.39. The lowest BCUT2D eigenvalue weighted by molar-refractivity contribution is -0.137. The number of nitrogens with zero attached hydrogens (tertiary/aromatic N) is 1. The van der Waals surface area contributed by atoms with E-state index in [-0.39, 0.29) is 0 Å². The number of alkyl halides is 3. The second-order valence-electron chi connectivity index (χ2n) is 10.3. The SMILES string of the molecule is Cc1cc(C)cc(-c2nccc3c2ccc2c4ccc(-c5c(C)cc(C(F)(F)F)cc5C)cc4ccc32)c1. The van der Waals surface area contributed by atoms with Crippen molar-refractivity contribution in [3.63, 3.8) is 0 Å². The van der Waals surface area contributed by atoms with Gasteiger partial charge >= 0.3 is 6.18 Å². The molecule has 0 bridgehead atoms. The molecular weight excluding hydrogens is 479 g/mol. The highest BCUT2D eigenvalue weighted by Gasteiger charge is 2.31. The molecule has 0 aliphatic rings. The topological polar surface area (TPSA) is 12.9 Å². The van der Waals surface area contributed by atoms with E-state index < -0.39 is 11.7 Å². The van der Waals surface area contributed by atoms with Crippen molar-refractivity contribution in [2.75, 3.05) is 0 Å².